The number of hydrogen-bond donors (Lipinski definition) is 1. The summed E-state index contributed by atoms with van der Waals surface area (Å²) >= 11 is 7.41. The van der Waals surface area contributed by atoms with Gasteiger partial charge in [-0.2, -0.15) is 0 Å². The molecule has 0 unspecified atom stereocenters. The molecule has 0 atom stereocenters. The molecule has 0 saturated carbocycles. The van der Waals surface area contributed by atoms with E-state index in [-0.39, 0.29) is 18.2 Å². The minimum atomic E-state index is -0.144. The van der Waals surface area contributed by atoms with E-state index in [2.05, 4.69) is 21.4 Å². The van der Waals surface area contributed by atoms with Crippen LogP contribution in [0.2, 0.25) is 5.02 Å². The molecule has 1 amide bonds. The molecular weight excluding hydrogens is 308 g/mol. The molecule has 1 heterocycles. The number of nitrogens with one attached hydrogen (secondary N) is 1. The van der Waals surface area contributed by atoms with Gasteiger partial charge in [-0.05, 0) is 24.6 Å². The number of carbonyl (C=O) groups is 1. The van der Waals surface area contributed by atoms with Crippen molar-refractivity contribution in [1.29, 1.82) is 0 Å². The average Bonchev–Trinajstić information content (AvgIpc) is 2.94. The summed E-state index contributed by atoms with van der Waals surface area (Å²) in [5.74, 6) is 2.43. The topological polar surface area (TPSA) is 59.8 Å². The van der Waals surface area contributed by atoms with Crippen LogP contribution in [0.1, 0.15) is 5.56 Å². The van der Waals surface area contributed by atoms with Gasteiger partial charge in [0.1, 0.15) is 6.33 Å². The zero-order chi connectivity index (χ0) is 15.2. The first-order valence-electron chi connectivity index (χ1n) is 6.11. The highest BCUT2D eigenvalue weighted by Crippen LogP contribution is 2.23. The van der Waals surface area contributed by atoms with Crippen LogP contribution in [0.15, 0.2) is 29.7 Å². The molecule has 1 aromatic carbocycles. The molecular formula is C14H13ClN4OS. The lowest BCUT2D eigenvalue weighted by Crippen LogP contribution is -2.25. The second-order valence-electron chi connectivity index (χ2n) is 4.19. The normalized spacial score (nSPS) is 10.1. The number of rotatable bonds is 5. The van der Waals surface area contributed by atoms with Gasteiger partial charge < -0.3 is 5.32 Å². The van der Waals surface area contributed by atoms with Crippen molar-refractivity contribution < 1.29 is 4.79 Å². The number of thioether (sulfide) groups is 1. The lowest BCUT2D eigenvalue weighted by molar-refractivity contribution is -0.118. The van der Waals surface area contributed by atoms with Gasteiger partial charge >= 0.3 is 0 Å². The number of nitrogens with zero attached hydrogens (tertiary/aromatic N) is 3. The summed E-state index contributed by atoms with van der Waals surface area (Å²) in [7, 11) is 0. The highest BCUT2D eigenvalue weighted by Gasteiger charge is 2.10. The van der Waals surface area contributed by atoms with E-state index in [1.807, 2.05) is 25.1 Å². The van der Waals surface area contributed by atoms with Crippen molar-refractivity contribution in [2.45, 2.75) is 12.1 Å². The van der Waals surface area contributed by atoms with Gasteiger partial charge in [0.2, 0.25) is 5.91 Å². The molecule has 21 heavy (non-hydrogen) atoms. The second kappa shape index (κ2) is 7.16. The van der Waals surface area contributed by atoms with Gasteiger partial charge in [-0.15, -0.1) is 16.6 Å². The maximum absolute atomic E-state index is 11.5. The van der Waals surface area contributed by atoms with E-state index in [4.69, 9.17) is 18.0 Å². The Balaban J connectivity index is 2.10. The lowest BCUT2D eigenvalue weighted by atomic mass is 10.2. The fourth-order valence-electron chi connectivity index (χ4n) is 1.56. The monoisotopic (exact) mass is 320 g/mol. The fraction of sp³-hybridized carbons (Fsp3) is 0.214. The maximum atomic E-state index is 11.5. The third-order valence-corrected chi connectivity index (χ3v) is 4.02. The molecule has 0 saturated heterocycles. The highest BCUT2D eigenvalue weighted by atomic mass is 35.5. The number of aryl methyl sites for hydroxylation is 1. The minimum absolute atomic E-state index is 0.144. The van der Waals surface area contributed by atoms with E-state index in [0.29, 0.717) is 10.2 Å². The van der Waals surface area contributed by atoms with Crippen molar-refractivity contribution >= 4 is 29.3 Å². The van der Waals surface area contributed by atoms with Crippen LogP contribution in [-0.2, 0) is 4.79 Å². The minimum Gasteiger partial charge on any atom is -0.344 e. The number of aromatic nitrogens is 3. The molecule has 2 rings (SSSR count). The van der Waals surface area contributed by atoms with E-state index in [1.54, 1.807) is 10.9 Å². The van der Waals surface area contributed by atoms with E-state index >= 15 is 0 Å². The van der Waals surface area contributed by atoms with Crippen LogP contribution in [0.4, 0.5) is 0 Å². The van der Waals surface area contributed by atoms with Gasteiger partial charge in [0.05, 0.1) is 18.0 Å². The number of carbonyl (C=O) groups excluding carboxylic acids is 1. The van der Waals surface area contributed by atoms with Crippen molar-refractivity contribution in [3.05, 3.63) is 35.1 Å². The Morgan fingerprint density at radius 1 is 1.57 bits per heavy atom. The van der Waals surface area contributed by atoms with Crippen molar-refractivity contribution in [2.24, 2.45) is 0 Å². The summed E-state index contributed by atoms with van der Waals surface area (Å²) in [6.45, 7) is 2.16. The summed E-state index contributed by atoms with van der Waals surface area (Å²) in [5.41, 5.74) is 1.85. The zero-order valence-electron chi connectivity index (χ0n) is 11.3. The Morgan fingerprint density at radius 2 is 2.38 bits per heavy atom. The van der Waals surface area contributed by atoms with Crippen LogP contribution in [-0.4, -0.2) is 33.0 Å². The fourth-order valence-corrected chi connectivity index (χ4v) is 2.50. The van der Waals surface area contributed by atoms with Crippen LogP contribution in [0.25, 0.3) is 5.69 Å². The Hall–Kier alpha value is -1.97. The summed E-state index contributed by atoms with van der Waals surface area (Å²) in [5, 5.41) is 11.8. The van der Waals surface area contributed by atoms with Crippen molar-refractivity contribution in [2.75, 3.05) is 12.3 Å². The van der Waals surface area contributed by atoms with E-state index in [9.17, 15) is 4.79 Å². The van der Waals surface area contributed by atoms with Crippen molar-refractivity contribution in [3.8, 4) is 18.0 Å². The SMILES string of the molecule is C#CCNC(=O)CSc1nncn1-c1ccc(C)c(Cl)c1. The van der Waals surface area contributed by atoms with Crippen molar-refractivity contribution in [1.82, 2.24) is 20.1 Å². The third-order valence-electron chi connectivity index (χ3n) is 2.67. The maximum Gasteiger partial charge on any atom is 0.231 e. The van der Waals surface area contributed by atoms with Gasteiger partial charge in [-0.1, -0.05) is 35.3 Å². The summed E-state index contributed by atoms with van der Waals surface area (Å²) in [6, 6.07) is 5.68. The molecule has 0 radical (unpaired) electrons. The molecule has 0 aliphatic heterocycles. The lowest BCUT2D eigenvalue weighted by Gasteiger charge is -2.07. The largest absolute Gasteiger partial charge is 0.344 e. The molecule has 0 spiro atoms. The van der Waals surface area contributed by atoms with Crippen LogP contribution >= 0.6 is 23.4 Å². The highest BCUT2D eigenvalue weighted by molar-refractivity contribution is 7.99. The Kier molecular flexibility index (Phi) is 5.26. The number of halogens is 1. The molecule has 0 aliphatic carbocycles. The second-order valence-corrected chi connectivity index (χ2v) is 5.54. The number of hydrogen-bond acceptors (Lipinski definition) is 4. The molecule has 1 aromatic heterocycles. The zero-order valence-corrected chi connectivity index (χ0v) is 12.9. The summed E-state index contributed by atoms with van der Waals surface area (Å²) in [4.78, 5) is 11.5. The molecule has 2 aromatic rings. The van der Waals surface area contributed by atoms with E-state index in [0.717, 1.165) is 11.3 Å². The number of terminal acetylenes is 1. The molecule has 1 N–H and O–H groups in total. The molecule has 108 valence electrons. The third kappa shape index (κ3) is 4.00. The van der Waals surface area contributed by atoms with Crippen LogP contribution < -0.4 is 5.32 Å². The van der Waals surface area contributed by atoms with Crippen molar-refractivity contribution in [3.63, 3.8) is 0 Å². The smallest absolute Gasteiger partial charge is 0.231 e. The first-order chi connectivity index (χ1) is 10.1. The van der Waals surface area contributed by atoms with E-state index in [1.165, 1.54) is 11.8 Å². The number of benzene rings is 1. The summed E-state index contributed by atoms with van der Waals surface area (Å²) < 4.78 is 1.78. The molecule has 0 bridgehead atoms. The Morgan fingerprint density at radius 3 is 3.10 bits per heavy atom. The Labute approximate surface area is 132 Å². The first-order valence-corrected chi connectivity index (χ1v) is 7.47. The number of amides is 1. The molecule has 7 heteroatoms. The van der Waals surface area contributed by atoms with Gasteiger partial charge in [0, 0.05) is 5.02 Å². The first kappa shape index (κ1) is 15.4. The van der Waals surface area contributed by atoms with Gasteiger partial charge in [-0.25, -0.2) is 0 Å². The van der Waals surface area contributed by atoms with Gasteiger partial charge in [0.25, 0.3) is 0 Å². The summed E-state index contributed by atoms with van der Waals surface area (Å²) in [6.07, 6.45) is 6.67. The molecule has 5 nitrogen and oxygen atoms in total. The standard InChI is InChI=1S/C14H13ClN4OS/c1-3-6-16-13(20)8-21-14-18-17-9-19(14)11-5-4-10(2)12(15)7-11/h1,4-5,7,9H,6,8H2,2H3,(H,16,20). The van der Waals surface area contributed by atoms with Crippen LogP contribution in [0.5, 0.6) is 0 Å². The van der Waals surface area contributed by atoms with Gasteiger partial charge in [0.15, 0.2) is 5.16 Å². The predicted molar refractivity (Wildman–Crippen MR) is 83.7 cm³/mol. The predicted octanol–water partition coefficient (Wildman–Crippen LogP) is 2.07. The van der Waals surface area contributed by atoms with E-state index < -0.39 is 0 Å². The van der Waals surface area contributed by atoms with Crippen LogP contribution in [0, 0.1) is 19.3 Å². The Bertz CT molecular complexity index is 693. The quantitative estimate of drug-likeness (QED) is 0.677. The average molecular weight is 321 g/mol. The molecule has 0 aliphatic rings. The van der Waals surface area contributed by atoms with Gasteiger partial charge in [-0.3, -0.25) is 9.36 Å². The van der Waals surface area contributed by atoms with Crippen LogP contribution in [0.3, 0.4) is 0 Å². The molecule has 0 fully saturated rings.